The molecule has 0 aliphatic carbocycles. The molecular formula is C13H14INO5. The van der Waals surface area contributed by atoms with E-state index < -0.39 is 3.92 Å². The van der Waals surface area contributed by atoms with Gasteiger partial charge in [0.05, 0.1) is 7.11 Å². The Labute approximate surface area is 129 Å². The van der Waals surface area contributed by atoms with Crippen LogP contribution >= 0.6 is 22.6 Å². The molecule has 0 saturated carbocycles. The molecule has 1 aliphatic rings. The highest BCUT2D eigenvalue weighted by Gasteiger charge is 2.18. The fourth-order valence-electron chi connectivity index (χ4n) is 1.68. The van der Waals surface area contributed by atoms with Crippen molar-refractivity contribution in [3.05, 3.63) is 23.8 Å². The van der Waals surface area contributed by atoms with Gasteiger partial charge in [-0.05, 0) is 18.2 Å². The number of benzene rings is 1. The number of hydrogen-bond donors (Lipinski definition) is 1. The third-order valence-electron chi connectivity index (χ3n) is 2.70. The molecule has 1 aliphatic heterocycles. The lowest BCUT2D eigenvalue weighted by Crippen LogP contribution is -2.33. The van der Waals surface area contributed by atoms with Crippen molar-refractivity contribution in [1.82, 2.24) is 5.32 Å². The minimum Gasteiger partial charge on any atom is -0.486 e. The SMILES string of the molecule is COC(=O)C(I)CNC(=O)c1ccc2c(c1)OCCO2. The molecule has 108 valence electrons. The van der Waals surface area contributed by atoms with Gasteiger partial charge in [0.2, 0.25) is 0 Å². The Balaban J connectivity index is 1.97. The Bertz CT molecular complexity index is 519. The molecule has 1 unspecified atom stereocenters. The van der Waals surface area contributed by atoms with Crippen LogP contribution in [0.1, 0.15) is 10.4 Å². The van der Waals surface area contributed by atoms with Crippen LogP contribution in [-0.4, -0.2) is 42.7 Å². The lowest BCUT2D eigenvalue weighted by molar-refractivity contribution is -0.139. The molecule has 0 spiro atoms. The van der Waals surface area contributed by atoms with Crippen molar-refractivity contribution in [2.45, 2.75) is 3.92 Å². The van der Waals surface area contributed by atoms with Crippen molar-refractivity contribution in [1.29, 1.82) is 0 Å². The van der Waals surface area contributed by atoms with Gasteiger partial charge in [-0.15, -0.1) is 0 Å². The summed E-state index contributed by atoms with van der Waals surface area (Å²) in [5.41, 5.74) is 0.461. The van der Waals surface area contributed by atoms with Crippen LogP contribution in [0.3, 0.4) is 0 Å². The van der Waals surface area contributed by atoms with Gasteiger partial charge >= 0.3 is 5.97 Å². The number of nitrogens with one attached hydrogen (secondary N) is 1. The molecule has 6 nitrogen and oxygen atoms in total. The van der Waals surface area contributed by atoms with Gasteiger partial charge in [-0.25, -0.2) is 0 Å². The first-order chi connectivity index (χ1) is 9.61. The number of halogens is 1. The summed E-state index contributed by atoms with van der Waals surface area (Å²) in [6.07, 6.45) is 0. The number of methoxy groups -OCH3 is 1. The fraction of sp³-hybridized carbons (Fsp3) is 0.385. The highest BCUT2D eigenvalue weighted by atomic mass is 127. The first-order valence-corrected chi connectivity index (χ1v) is 7.26. The maximum Gasteiger partial charge on any atom is 0.320 e. The average Bonchev–Trinajstić information content (AvgIpc) is 2.50. The highest BCUT2D eigenvalue weighted by molar-refractivity contribution is 14.1. The molecule has 0 saturated heterocycles. The summed E-state index contributed by atoms with van der Waals surface area (Å²) in [7, 11) is 1.32. The number of fused-ring (bicyclic) bond motifs is 1. The topological polar surface area (TPSA) is 73.9 Å². The van der Waals surface area contributed by atoms with Gasteiger partial charge in [-0.3, -0.25) is 9.59 Å². The minimum atomic E-state index is -0.418. The molecule has 0 radical (unpaired) electrons. The molecule has 2 rings (SSSR count). The van der Waals surface area contributed by atoms with E-state index in [4.69, 9.17) is 9.47 Å². The largest absolute Gasteiger partial charge is 0.486 e. The van der Waals surface area contributed by atoms with Crippen LogP contribution in [0, 0.1) is 0 Å². The Morgan fingerprint density at radius 2 is 2.05 bits per heavy atom. The second kappa shape index (κ2) is 6.78. The molecule has 1 aromatic carbocycles. The van der Waals surface area contributed by atoms with Gasteiger partial charge in [0.1, 0.15) is 17.1 Å². The molecule has 1 heterocycles. The molecule has 0 fully saturated rings. The van der Waals surface area contributed by atoms with E-state index in [9.17, 15) is 9.59 Å². The van der Waals surface area contributed by atoms with Crippen LogP contribution < -0.4 is 14.8 Å². The van der Waals surface area contributed by atoms with E-state index in [1.807, 2.05) is 22.6 Å². The van der Waals surface area contributed by atoms with Crippen LogP contribution in [0.5, 0.6) is 11.5 Å². The average molecular weight is 391 g/mol. The molecule has 1 N–H and O–H groups in total. The Morgan fingerprint density at radius 1 is 1.35 bits per heavy atom. The van der Waals surface area contributed by atoms with Crippen molar-refractivity contribution in [3.8, 4) is 11.5 Å². The number of ether oxygens (including phenoxy) is 3. The van der Waals surface area contributed by atoms with E-state index in [1.165, 1.54) is 7.11 Å². The zero-order chi connectivity index (χ0) is 14.5. The molecule has 1 aromatic rings. The number of rotatable bonds is 4. The summed E-state index contributed by atoms with van der Waals surface area (Å²) in [6.45, 7) is 1.19. The van der Waals surface area contributed by atoms with E-state index in [0.717, 1.165) is 0 Å². The number of alkyl halides is 1. The Morgan fingerprint density at radius 3 is 2.75 bits per heavy atom. The lowest BCUT2D eigenvalue weighted by atomic mass is 10.2. The fourth-order valence-corrected chi connectivity index (χ4v) is 2.15. The summed E-state index contributed by atoms with van der Waals surface area (Å²) in [5.74, 6) is 0.553. The van der Waals surface area contributed by atoms with Crippen molar-refractivity contribution < 1.29 is 23.8 Å². The van der Waals surface area contributed by atoms with Gasteiger partial charge < -0.3 is 19.5 Å². The zero-order valence-corrected chi connectivity index (χ0v) is 13.0. The zero-order valence-electron chi connectivity index (χ0n) is 10.8. The van der Waals surface area contributed by atoms with Crippen LogP contribution in [0.25, 0.3) is 0 Å². The Hall–Kier alpha value is -1.51. The minimum absolute atomic E-state index is 0.209. The first-order valence-electron chi connectivity index (χ1n) is 6.01. The second-order valence-corrected chi connectivity index (χ2v) is 5.56. The summed E-state index contributed by atoms with van der Waals surface area (Å²) in [5, 5.41) is 2.68. The van der Waals surface area contributed by atoms with Crippen LogP contribution in [0.4, 0.5) is 0 Å². The van der Waals surface area contributed by atoms with Crippen molar-refractivity contribution in [2.24, 2.45) is 0 Å². The normalized spacial score (nSPS) is 14.3. The van der Waals surface area contributed by atoms with E-state index >= 15 is 0 Å². The smallest absolute Gasteiger partial charge is 0.320 e. The number of carbonyl (C=O) groups is 2. The summed E-state index contributed by atoms with van der Waals surface area (Å²) >= 11 is 1.92. The van der Waals surface area contributed by atoms with Crippen LogP contribution in [-0.2, 0) is 9.53 Å². The number of amides is 1. The van der Waals surface area contributed by atoms with Gasteiger partial charge in [-0.1, -0.05) is 22.6 Å². The standard InChI is InChI=1S/C13H14INO5/c1-18-13(17)9(14)7-15-12(16)8-2-3-10-11(6-8)20-5-4-19-10/h2-3,6,9H,4-5,7H2,1H3,(H,15,16). The van der Waals surface area contributed by atoms with Gasteiger partial charge in [0.25, 0.3) is 5.91 Å². The van der Waals surface area contributed by atoms with E-state index in [-0.39, 0.29) is 18.4 Å². The molecule has 0 bridgehead atoms. The lowest BCUT2D eigenvalue weighted by Gasteiger charge is -2.18. The van der Waals surface area contributed by atoms with Crippen LogP contribution in [0.15, 0.2) is 18.2 Å². The van der Waals surface area contributed by atoms with E-state index in [2.05, 4.69) is 10.1 Å². The van der Waals surface area contributed by atoms with Crippen molar-refractivity contribution in [3.63, 3.8) is 0 Å². The quantitative estimate of drug-likeness (QED) is 0.474. The maximum absolute atomic E-state index is 12.0. The first kappa shape index (κ1) is 14.9. The second-order valence-electron chi connectivity index (χ2n) is 4.06. The monoisotopic (exact) mass is 391 g/mol. The third-order valence-corrected chi connectivity index (χ3v) is 3.65. The maximum atomic E-state index is 12.0. The van der Waals surface area contributed by atoms with E-state index in [0.29, 0.717) is 30.3 Å². The third kappa shape index (κ3) is 3.53. The predicted octanol–water partition coefficient (Wildman–Crippen LogP) is 1.16. The van der Waals surface area contributed by atoms with Crippen molar-refractivity contribution in [2.75, 3.05) is 26.9 Å². The number of esters is 1. The Kier molecular flexibility index (Phi) is 5.05. The number of hydrogen-bond acceptors (Lipinski definition) is 5. The molecular weight excluding hydrogens is 377 g/mol. The molecule has 1 amide bonds. The van der Waals surface area contributed by atoms with E-state index in [1.54, 1.807) is 18.2 Å². The molecule has 1 atom stereocenters. The highest BCUT2D eigenvalue weighted by Crippen LogP contribution is 2.30. The van der Waals surface area contributed by atoms with Crippen LogP contribution in [0.2, 0.25) is 0 Å². The summed E-state index contributed by atoms with van der Waals surface area (Å²) in [4.78, 5) is 23.2. The molecule has 0 aromatic heterocycles. The predicted molar refractivity (Wildman–Crippen MR) is 79.6 cm³/mol. The van der Waals surface area contributed by atoms with Gasteiger partial charge in [0.15, 0.2) is 11.5 Å². The summed E-state index contributed by atoms with van der Waals surface area (Å²) < 4.78 is 15.0. The summed E-state index contributed by atoms with van der Waals surface area (Å²) in [6, 6.07) is 4.98. The van der Waals surface area contributed by atoms with Gasteiger partial charge in [-0.2, -0.15) is 0 Å². The van der Waals surface area contributed by atoms with Crippen molar-refractivity contribution >= 4 is 34.5 Å². The number of carbonyl (C=O) groups excluding carboxylic acids is 2. The van der Waals surface area contributed by atoms with Gasteiger partial charge in [0, 0.05) is 12.1 Å². The molecule has 20 heavy (non-hydrogen) atoms. The molecule has 7 heteroatoms.